The zero-order chi connectivity index (χ0) is 45.9. The number of hydrogen-bond acceptors (Lipinski definition) is 1. The first-order valence-electron chi connectivity index (χ1n) is 23.8. The average molecular weight is 878 g/mol. The summed E-state index contributed by atoms with van der Waals surface area (Å²) < 4.78 is 0. The van der Waals surface area contributed by atoms with Crippen molar-refractivity contribution in [3.8, 4) is 77.9 Å². The molecule has 1 nitrogen and oxygen atoms in total. The number of hydrogen-bond donors (Lipinski definition) is 0. The molecule has 0 amide bonds. The quantitative estimate of drug-likeness (QED) is 0.124. The molecule has 0 saturated heterocycles. The summed E-state index contributed by atoms with van der Waals surface area (Å²) in [7, 11) is 0. The Labute approximate surface area is 404 Å². The first-order chi connectivity index (χ1) is 34.3. The SMILES string of the molecule is c1ccc(-c2ccccc2N(c2ccc(-c3cccc(-c4ccccc4)c3-c3ccccc3)cc2)c2cccc(-c3ccc4c(c3)c(-c3ccccc3)c(-c3ccccc3)c3ccccc34)c2)cc1. The second-order valence-electron chi connectivity index (χ2n) is 17.6. The van der Waals surface area contributed by atoms with Crippen molar-refractivity contribution in [2.24, 2.45) is 0 Å². The normalized spacial score (nSPS) is 11.2. The van der Waals surface area contributed by atoms with Crippen LogP contribution in [0.2, 0.25) is 0 Å². The minimum atomic E-state index is 1.07. The summed E-state index contributed by atoms with van der Waals surface area (Å²) in [5, 5.41) is 4.98. The number of nitrogens with zero attached hydrogens (tertiary/aromatic N) is 1. The smallest absolute Gasteiger partial charge is 0.0540 e. The van der Waals surface area contributed by atoms with Gasteiger partial charge in [0, 0.05) is 16.9 Å². The van der Waals surface area contributed by atoms with E-state index in [0.29, 0.717) is 0 Å². The van der Waals surface area contributed by atoms with Crippen LogP contribution in [0.3, 0.4) is 0 Å². The summed E-state index contributed by atoms with van der Waals surface area (Å²) in [5.74, 6) is 0. The van der Waals surface area contributed by atoms with Gasteiger partial charge in [-0.2, -0.15) is 0 Å². The van der Waals surface area contributed by atoms with E-state index in [1.165, 1.54) is 77.2 Å². The van der Waals surface area contributed by atoms with Crippen LogP contribution in [0.5, 0.6) is 0 Å². The van der Waals surface area contributed by atoms with Crippen LogP contribution in [-0.4, -0.2) is 0 Å². The zero-order valence-corrected chi connectivity index (χ0v) is 38.1. The lowest BCUT2D eigenvalue weighted by molar-refractivity contribution is 1.28. The lowest BCUT2D eigenvalue weighted by atomic mass is 9.84. The van der Waals surface area contributed by atoms with Gasteiger partial charge in [0.1, 0.15) is 0 Å². The number of benzene rings is 12. The molecule has 0 aliphatic heterocycles. The molecule has 12 aromatic carbocycles. The average Bonchev–Trinajstić information content (AvgIpc) is 3.44. The minimum Gasteiger partial charge on any atom is -0.310 e. The molecule has 0 spiro atoms. The molecule has 0 aliphatic carbocycles. The Kier molecular flexibility index (Phi) is 11.0. The summed E-state index contributed by atoms with van der Waals surface area (Å²) >= 11 is 0. The van der Waals surface area contributed by atoms with Crippen molar-refractivity contribution in [3.05, 3.63) is 285 Å². The molecule has 69 heavy (non-hydrogen) atoms. The summed E-state index contributed by atoms with van der Waals surface area (Å²) in [4.78, 5) is 2.42. The van der Waals surface area contributed by atoms with Gasteiger partial charge in [-0.3, -0.25) is 0 Å². The Morgan fingerprint density at radius 1 is 0.188 bits per heavy atom. The molecular formula is C68H47N. The summed E-state index contributed by atoms with van der Waals surface area (Å²) in [6, 6.07) is 104. The highest BCUT2D eigenvalue weighted by molar-refractivity contribution is 6.22. The van der Waals surface area contributed by atoms with Crippen molar-refractivity contribution >= 4 is 38.6 Å². The van der Waals surface area contributed by atoms with Crippen LogP contribution < -0.4 is 4.90 Å². The van der Waals surface area contributed by atoms with Gasteiger partial charge in [-0.25, -0.2) is 0 Å². The maximum atomic E-state index is 2.42. The highest BCUT2D eigenvalue weighted by Gasteiger charge is 2.21. The molecule has 0 bridgehead atoms. The highest BCUT2D eigenvalue weighted by atomic mass is 15.1. The standard InChI is InChI=1S/C68H47N/c1-6-22-48(23-7-1)58-34-18-19-39-65(58)69(56-43-40-50(41-44-56)60-38-21-37-59(49-24-8-2-9-25-49)66(60)51-26-10-3-11-27-51)57-33-20-32-54(46-57)55-42-45-62-61-35-16-17-36-63(61)67(52-28-12-4-13-29-52)68(64(62)47-55)53-30-14-5-15-31-53/h1-47H. The molecule has 0 aromatic heterocycles. The van der Waals surface area contributed by atoms with Gasteiger partial charge in [0.2, 0.25) is 0 Å². The first-order valence-corrected chi connectivity index (χ1v) is 23.8. The number of anilines is 3. The molecule has 0 aliphatic rings. The van der Waals surface area contributed by atoms with Gasteiger partial charge in [0.25, 0.3) is 0 Å². The molecular weight excluding hydrogens is 831 g/mol. The van der Waals surface area contributed by atoms with Crippen LogP contribution in [0, 0.1) is 0 Å². The van der Waals surface area contributed by atoms with E-state index in [2.05, 4.69) is 290 Å². The van der Waals surface area contributed by atoms with E-state index < -0.39 is 0 Å². The van der Waals surface area contributed by atoms with Gasteiger partial charge >= 0.3 is 0 Å². The fourth-order valence-electron chi connectivity index (χ4n) is 10.3. The highest BCUT2D eigenvalue weighted by Crippen LogP contribution is 2.47. The van der Waals surface area contributed by atoms with Gasteiger partial charge in [-0.15, -0.1) is 0 Å². The lowest BCUT2D eigenvalue weighted by Gasteiger charge is -2.28. The number of para-hydroxylation sites is 1. The number of rotatable bonds is 10. The van der Waals surface area contributed by atoms with Crippen molar-refractivity contribution in [1.82, 2.24) is 0 Å². The Bertz CT molecular complexity index is 3730. The van der Waals surface area contributed by atoms with Crippen LogP contribution >= 0.6 is 0 Å². The van der Waals surface area contributed by atoms with Crippen molar-refractivity contribution in [1.29, 1.82) is 0 Å². The number of fused-ring (bicyclic) bond motifs is 3. The van der Waals surface area contributed by atoms with E-state index in [0.717, 1.165) is 39.3 Å². The Balaban J connectivity index is 1.03. The Hall–Kier alpha value is -9.04. The summed E-state index contributed by atoms with van der Waals surface area (Å²) in [5.41, 5.74) is 20.0. The third kappa shape index (κ3) is 7.86. The maximum absolute atomic E-state index is 2.42. The van der Waals surface area contributed by atoms with Crippen molar-refractivity contribution in [3.63, 3.8) is 0 Å². The minimum absolute atomic E-state index is 1.07. The van der Waals surface area contributed by atoms with Crippen molar-refractivity contribution in [2.75, 3.05) is 4.90 Å². The van der Waals surface area contributed by atoms with Gasteiger partial charge in [-0.05, 0) is 130 Å². The van der Waals surface area contributed by atoms with Gasteiger partial charge in [0.05, 0.1) is 5.69 Å². The van der Waals surface area contributed by atoms with E-state index in [1.54, 1.807) is 0 Å². The Morgan fingerprint density at radius 3 is 1.19 bits per heavy atom. The van der Waals surface area contributed by atoms with Gasteiger partial charge in [0.15, 0.2) is 0 Å². The molecule has 0 unspecified atom stereocenters. The predicted octanol–water partition coefficient (Wildman–Crippen LogP) is 19.1. The van der Waals surface area contributed by atoms with E-state index in [-0.39, 0.29) is 0 Å². The predicted molar refractivity (Wildman–Crippen MR) is 294 cm³/mol. The second-order valence-corrected chi connectivity index (χ2v) is 17.6. The topological polar surface area (TPSA) is 3.24 Å². The molecule has 1 heteroatoms. The second kappa shape index (κ2) is 18.3. The maximum Gasteiger partial charge on any atom is 0.0540 e. The molecule has 0 heterocycles. The fraction of sp³-hybridized carbons (Fsp3) is 0. The molecule has 0 N–H and O–H groups in total. The van der Waals surface area contributed by atoms with Crippen LogP contribution in [0.4, 0.5) is 17.1 Å². The third-order valence-electron chi connectivity index (χ3n) is 13.5. The fourth-order valence-corrected chi connectivity index (χ4v) is 10.3. The molecule has 0 atom stereocenters. The van der Waals surface area contributed by atoms with Crippen LogP contribution in [0.15, 0.2) is 285 Å². The van der Waals surface area contributed by atoms with Gasteiger partial charge < -0.3 is 4.90 Å². The van der Waals surface area contributed by atoms with Crippen LogP contribution in [0.1, 0.15) is 0 Å². The van der Waals surface area contributed by atoms with Crippen LogP contribution in [0.25, 0.3) is 99.4 Å². The molecule has 12 aromatic rings. The largest absolute Gasteiger partial charge is 0.310 e. The van der Waals surface area contributed by atoms with Crippen LogP contribution in [-0.2, 0) is 0 Å². The third-order valence-corrected chi connectivity index (χ3v) is 13.5. The molecule has 324 valence electrons. The Morgan fingerprint density at radius 2 is 0.580 bits per heavy atom. The lowest BCUT2D eigenvalue weighted by Crippen LogP contribution is -2.11. The summed E-state index contributed by atoms with van der Waals surface area (Å²) in [6.07, 6.45) is 0. The molecule has 12 rings (SSSR count). The van der Waals surface area contributed by atoms with E-state index in [9.17, 15) is 0 Å². The molecule has 0 fully saturated rings. The van der Waals surface area contributed by atoms with Crippen molar-refractivity contribution in [2.45, 2.75) is 0 Å². The van der Waals surface area contributed by atoms with Crippen molar-refractivity contribution < 1.29 is 0 Å². The molecule has 0 saturated carbocycles. The summed E-state index contributed by atoms with van der Waals surface area (Å²) in [6.45, 7) is 0. The monoisotopic (exact) mass is 877 g/mol. The first kappa shape index (κ1) is 41.4. The molecule has 0 radical (unpaired) electrons. The zero-order valence-electron chi connectivity index (χ0n) is 38.1. The van der Waals surface area contributed by atoms with E-state index in [1.807, 2.05) is 0 Å². The van der Waals surface area contributed by atoms with E-state index >= 15 is 0 Å². The van der Waals surface area contributed by atoms with Gasteiger partial charge in [-0.1, -0.05) is 249 Å². The van der Waals surface area contributed by atoms with E-state index in [4.69, 9.17) is 0 Å².